The van der Waals surface area contributed by atoms with E-state index in [1.807, 2.05) is 0 Å². The molecular weight excluding hydrogens is 432 g/mol. The second-order valence-corrected chi connectivity index (χ2v) is 7.37. The number of hydrogen-bond acceptors (Lipinski definition) is 8. The number of thiophene rings is 1. The van der Waals surface area contributed by atoms with Gasteiger partial charge < -0.3 is 9.47 Å². The number of ether oxygens (including phenoxy) is 2. The SMILES string of the molecule is COc1cc(/C=N/NC(=O)c2n[nH]c(=O)c3ccccc23)ccc1OC(=O)c1cccs1. The third-order valence-electron chi connectivity index (χ3n) is 4.40. The van der Waals surface area contributed by atoms with E-state index in [1.54, 1.807) is 60.0 Å². The van der Waals surface area contributed by atoms with Gasteiger partial charge in [0, 0.05) is 5.39 Å². The van der Waals surface area contributed by atoms with Gasteiger partial charge in [-0.25, -0.2) is 15.3 Å². The van der Waals surface area contributed by atoms with E-state index in [2.05, 4.69) is 20.7 Å². The summed E-state index contributed by atoms with van der Waals surface area (Å²) >= 11 is 1.28. The highest BCUT2D eigenvalue weighted by Crippen LogP contribution is 2.28. The molecule has 0 fully saturated rings. The molecule has 0 aliphatic heterocycles. The first-order valence-electron chi connectivity index (χ1n) is 9.31. The Hall–Kier alpha value is -4.31. The lowest BCUT2D eigenvalue weighted by Gasteiger charge is -2.09. The van der Waals surface area contributed by atoms with Gasteiger partial charge in [0.25, 0.3) is 11.5 Å². The zero-order chi connectivity index (χ0) is 22.5. The molecule has 0 aliphatic rings. The molecular formula is C22H16N4O5S. The van der Waals surface area contributed by atoms with Crippen LogP contribution >= 0.6 is 11.3 Å². The molecule has 2 heterocycles. The van der Waals surface area contributed by atoms with Gasteiger partial charge in [-0.2, -0.15) is 10.2 Å². The smallest absolute Gasteiger partial charge is 0.353 e. The van der Waals surface area contributed by atoms with Crippen molar-refractivity contribution in [3.8, 4) is 11.5 Å². The van der Waals surface area contributed by atoms with Crippen molar-refractivity contribution in [3.63, 3.8) is 0 Å². The van der Waals surface area contributed by atoms with Crippen molar-refractivity contribution in [2.45, 2.75) is 0 Å². The van der Waals surface area contributed by atoms with E-state index < -0.39 is 11.9 Å². The Kier molecular flexibility index (Phi) is 6.04. The number of carbonyl (C=O) groups excluding carboxylic acids is 2. The molecule has 2 aromatic heterocycles. The van der Waals surface area contributed by atoms with Crippen LogP contribution in [-0.4, -0.2) is 35.4 Å². The van der Waals surface area contributed by atoms with Gasteiger partial charge in [-0.3, -0.25) is 9.59 Å². The van der Waals surface area contributed by atoms with Crippen LogP contribution in [0.15, 0.2) is 69.9 Å². The molecule has 0 spiro atoms. The largest absolute Gasteiger partial charge is 0.493 e. The highest BCUT2D eigenvalue weighted by atomic mass is 32.1. The van der Waals surface area contributed by atoms with E-state index >= 15 is 0 Å². The van der Waals surface area contributed by atoms with Gasteiger partial charge in [-0.15, -0.1) is 11.3 Å². The van der Waals surface area contributed by atoms with Crippen LogP contribution in [0.2, 0.25) is 0 Å². The van der Waals surface area contributed by atoms with Crippen LogP contribution in [-0.2, 0) is 0 Å². The van der Waals surface area contributed by atoms with Gasteiger partial charge in [0.05, 0.1) is 18.7 Å². The third kappa shape index (κ3) is 4.40. The molecule has 0 radical (unpaired) electrons. The van der Waals surface area contributed by atoms with Crippen LogP contribution < -0.4 is 20.5 Å². The molecule has 160 valence electrons. The number of aromatic amines is 1. The predicted octanol–water partition coefficient (Wildman–Crippen LogP) is 2.98. The van der Waals surface area contributed by atoms with Crippen LogP contribution in [0.1, 0.15) is 25.7 Å². The average molecular weight is 448 g/mol. The summed E-state index contributed by atoms with van der Waals surface area (Å²) in [4.78, 5) is 37.0. The molecule has 0 saturated carbocycles. The standard InChI is InChI=1S/C22H16N4O5S/c1-30-17-11-13(8-9-16(17)31-22(29)18-7-4-10-32-18)12-23-25-21(28)19-14-5-2-3-6-15(14)20(27)26-24-19/h2-12H,1H3,(H,25,28)(H,26,27)/b23-12+. The van der Waals surface area contributed by atoms with Crippen molar-refractivity contribution < 1.29 is 19.1 Å². The van der Waals surface area contributed by atoms with Crippen molar-refractivity contribution in [1.82, 2.24) is 15.6 Å². The van der Waals surface area contributed by atoms with Gasteiger partial charge in [0.15, 0.2) is 17.2 Å². The molecule has 0 saturated heterocycles. The fourth-order valence-corrected chi connectivity index (χ4v) is 3.50. The molecule has 1 amide bonds. The van der Waals surface area contributed by atoms with Gasteiger partial charge in [-0.05, 0) is 41.3 Å². The number of fused-ring (bicyclic) bond motifs is 1. The Labute approximate surface area is 185 Å². The van der Waals surface area contributed by atoms with Crippen LogP contribution in [0.4, 0.5) is 0 Å². The Morgan fingerprint density at radius 1 is 1.09 bits per heavy atom. The quantitative estimate of drug-likeness (QED) is 0.202. The maximum Gasteiger partial charge on any atom is 0.353 e. The van der Waals surface area contributed by atoms with Crippen molar-refractivity contribution in [1.29, 1.82) is 0 Å². The van der Waals surface area contributed by atoms with E-state index in [0.29, 0.717) is 27.0 Å². The first-order valence-corrected chi connectivity index (χ1v) is 10.2. The van der Waals surface area contributed by atoms with Crippen LogP contribution in [0, 0.1) is 0 Å². The molecule has 2 N–H and O–H groups in total. The summed E-state index contributed by atoms with van der Waals surface area (Å²) in [6.07, 6.45) is 1.40. The van der Waals surface area contributed by atoms with Crippen molar-refractivity contribution >= 4 is 40.2 Å². The normalized spacial score (nSPS) is 10.9. The lowest BCUT2D eigenvalue weighted by molar-refractivity contribution is 0.0734. The van der Waals surface area contributed by atoms with E-state index in [1.165, 1.54) is 24.7 Å². The second kappa shape index (κ2) is 9.23. The Balaban J connectivity index is 1.48. The Bertz CT molecular complexity index is 1380. The van der Waals surface area contributed by atoms with Crippen LogP contribution in [0.3, 0.4) is 0 Å². The first kappa shape index (κ1) is 20.9. The van der Waals surface area contributed by atoms with Gasteiger partial charge in [0.2, 0.25) is 0 Å². The summed E-state index contributed by atoms with van der Waals surface area (Å²) < 4.78 is 10.7. The fraction of sp³-hybridized carbons (Fsp3) is 0.0455. The minimum Gasteiger partial charge on any atom is -0.493 e. The highest BCUT2D eigenvalue weighted by molar-refractivity contribution is 7.12. The van der Waals surface area contributed by atoms with Gasteiger partial charge in [0.1, 0.15) is 4.88 Å². The summed E-state index contributed by atoms with van der Waals surface area (Å²) in [6, 6.07) is 14.9. The average Bonchev–Trinajstić information content (AvgIpc) is 3.35. The van der Waals surface area contributed by atoms with Crippen LogP contribution in [0.5, 0.6) is 11.5 Å². The van der Waals surface area contributed by atoms with Crippen molar-refractivity contribution in [2.75, 3.05) is 7.11 Å². The summed E-state index contributed by atoms with van der Waals surface area (Å²) in [7, 11) is 1.45. The molecule has 0 atom stereocenters. The zero-order valence-electron chi connectivity index (χ0n) is 16.7. The van der Waals surface area contributed by atoms with Crippen molar-refractivity contribution in [2.24, 2.45) is 5.10 Å². The minimum atomic E-state index is -0.581. The number of rotatable bonds is 6. The van der Waals surface area contributed by atoms with E-state index in [4.69, 9.17) is 9.47 Å². The zero-order valence-corrected chi connectivity index (χ0v) is 17.5. The molecule has 2 aromatic carbocycles. The van der Waals surface area contributed by atoms with Crippen molar-refractivity contribution in [3.05, 3.63) is 86.5 Å². The first-order chi connectivity index (χ1) is 15.6. The number of esters is 1. The van der Waals surface area contributed by atoms with Gasteiger partial charge in [-0.1, -0.05) is 24.3 Å². The molecule has 9 nitrogen and oxygen atoms in total. The van der Waals surface area contributed by atoms with E-state index in [9.17, 15) is 14.4 Å². The number of methoxy groups -OCH3 is 1. The topological polar surface area (TPSA) is 123 Å². The number of nitrogens with one attached hydrogen (secondary N) is 2. The summed E-state index contributed by atoms with van der Waals surface area (Å²) in [5.41, 5.74) is 2.64. The molecule has 10 heteroatoms. The number of carbonyl (C=O) groups is 2. The Morgan fingerprint density at radius 2 is 1.91 bits per heavy atom. The summed E-state index contributed by atoms with van der Waals surface area (Å²) in [5.74, 6) is -0.468. The van der Waals surface area contributed by atoms with Crippen LogP contribution in [0.25, 0.3) is 10.8 Å². The number of H-pyrrole nitrogens is 1. The summed E-state index contributed by atoms with van der Waals surface area (Å²) in [5, 5.41) is 12.6. The minimum absolute atomic E-state index is 0.0470. The summed E-state index contributed by atoms with van der Waals surface area (Å²) in [6.45, 7) is 0. The van der Waals surface area contributed by atoms with E-state index in [0.717, 1.165) is 0 Å². The third-order valence-corrected chi connectivity index (χ3v) is 5.25. The van der Waals surface area contributed by atoms with Gasteiger partial charge >= 0.3 is 5.97 Å². The lowest BCUT2D eigenvalue weighted by Crippen LogP contribution is -2.22. The molecule has 0 bridgehead atoms. The molecule has 32 heavy (non-hydrogen) atoms. The number of amides is 1. The second-order valence-electron chi connectivity index (χ2n) is 6.42. The molecule has 4 aromatic rings. The molecule has 4 rings (SSSR count). The number of hydrogen-bond donors (Lipinski definition) is 2. The molecule has 0 unspecified atom stereocenters. The predicted molar refractivity (Wildman–Crippen MR) is 120 cm³/mol. The maximum atomic E-state index is 12.5. The molecule has 0 aliphatic carbocycles. The maximum absolute atomic E-state index is 12.5. The fourth-order valence-electron chi connectivity index (χ4n) is 2.90. The van der Waals surface area contributed by atoms with E-state index in [-0.39, 0.29) is 17.0 Å². The number of benzene rings is 2. The lowest BCUT2D eigenvalue weighted by atomic mass is 10.1. The Morgan fingerprint density at radius 3 is 2.66 bits per heavy atom. The number of nitrogens with zero attached hydrogens (tertiary/aromatic N) is 2. The monoisotopic (exact) mass is 448 g/mol. The highest BCUT2D eigenvalue weighted by Gasteiger charge is 2.15. The number of aromatic nitrogens is 2. The number of hydrazone groups is 1.